The molecule has 1 N–H and O–H groups in total. The van der Waals surface area contributed by atoms with Crippen molar-refractivity contribution in [1.82, 2.24) is 4.98 Å². The second-order valence-electron chi connectivity index (χ2n) is 7.74. The summed E-state index contributed by atoms with van der Waals surface area (Å²) in [6.07, 6.45) is 0.747. The van der Waals surface area contributed by atoms with Crippen molar-refractivity contribution in [3.63, 3.8) is 0 Å². The molecule has 3 aromatic rings. The van der Waals surface area contributed by atoms with Gasteiger partial charge in [-0.1, -0.05) is 36.4 Å². The molecule has 0 fully saturated rings. The zero-order valence-corrected chi connectivity index (χ0v) is 20.0. The quantitative estimate of drug-likeness (QED) is 0.534. The molecule has 0 aliphatic carbocycles. The highest BCUT2D eigenvalue weighted by Crippen LogP contribution is 2.36. The van der Waals surface area contributed by atoms with Gasteiger partial charge in [0.25, 0.3) is 5.91 Å². The molecule has 0 spiro atoms. The minimum absolute atomic E-state index is 0.388. The Hall–Kier alpha value is -3.24. The van der Waals surface area contributed by atoms with Crippen LogP contribution in [0.25, 0.3) is 11.3 Å². The monoisotopic (exact) mass is 485 g/mol. The first-order valence-electron chi connectivity index (χ1n) is 10.2. The lowest BCUT2D eigenvalue weighted by molar-refractivity contribution is -0.152. The highest BCUT2D eigenvalue weighted by Gasteiger charge is 2.28. The average Bonchev–Trinajstić information content (AvgIpc) is 3.35. The van der Waals surface area contributed by atoms with Gasteiger partial charge >= 0.3 is 5.97 Å². The number of ether oxygens (including phenoxy) is 1. The standard InChI is InChI=1S/C23H23N3O5S2/c1-14-20(18-9-10-19-17(13-18)11-12-26(19)33(3,29)30)24-23(32-14)25-22(28)21(31-15(2)27)16-7-5-4-6-8-16/h4-10,13,21H,11-12H2,1-3H3,(H,24,25,28)/t21-/m0/s1. The lowest BCUT2D eigenvalue weighted by Gasteiger charge is -2.16. The van der Waals surface area contributed by atoms with Gasteiger partial charge in [-0.15, -0.1) is 11.3 Å². The molecule has 2 aromatic carbocycles. The van der Waals surface area contributed by atoms with Gasteiger partial charge < -0.3 is 4.74 Å². The maximum atomic E-state index is 12.9. The minimum atomic E-state index is -3.31. The van der Waals surface area contributed by atoms with Crippen molar-refractivity contribution in [2.45, 2.75) is 26.4 Å². The molecule has 33 heavy (non-hydrogen) atoms. The van der Waals surface area contributed by atoms with Crippen LogP contribution < -0.4 is 9.62 Å². The predicted molar refractivity (Wildman–Crippen MR) is 128 cm³/mol. The number of sulfonamides is 1. The van der Waals surface area contributed by atoms with Crippen LogP contribution >= 0.6 is 11.3 Å². The fourth-order valence-electron chi connectivity index (χ4n) is 3.82. The minimum Gasteiger partial charge on any atom is -0.447 e. The molecule has 1 amide bonds. The molecular weight excluding hydrogens is 462 g/mol. The maximum absolute atomic E-state index is 12.9. The number of amides is 1. The van der Waals surface area contributed by atoms with E-state index in [2.05, 4.69) is 10.3 Å². The van der Waals surface area contributed by atoms with Crippen molar-refractivity contribution in [1.29, 1.82) is 0 Å². The lowest BCUT2D eigenvalue weighted by Crippen LogP contribution is -2.27. The van der Waals surface area contributed by atoms with Crippen molar-refractivity contribution in [3.8, 4) is 11.3 Å². The predicted octanol–water partition coefficient (Wildman–Crippen LogP) is 3.68. The van der Waals surface area contributed by atoms with Crippen molar-refractivity contribution in [2.24, 2.45) is 0 Å². The topological polar surface area (TPSA) is 106 Å². The van der Waals surface area contributed by atoms with E-state index in [1.807, 2.05) is 25.1 Å². The number of nitrogens with zero attached hydrogens (tertiary/aromatic N) is 2. The Balaban J connectivity index is 1.58. The summed E-state index contributed by atoms with van der Waals surface area (Å²) in [7, 11) is -3.31. The number of thiazole rings is 1. The number of rotatable bonds is 6. The molecule has 0 radical (unpaired) electrons. The number of nitrogens with one attached hydrogen (secondary N) is 1. The Labute approximate surface area is 196 Å². The van der Waals surface area contributed by atoms with Crippen molar-refractivity contribution >= 4 is 44.1 Å². The van der Waals surface area contributed by atoms with Gasteiger partial charge in [-0.2, -0.15) is 0 Å². The molecule has 1 aliphatic rings. The fraction of sp³-hybridized carbons (Fsp3) is 0.261. The number of esters is 1. The fourth-order valence-corrected chi connectivity index (χ4v) is 5.62. The SMILES string of the molecule is CC(=O)O[C@H](C(=O)Nc1nc(-c2ccc3c(c2)CCN3S(C)(=O)=O)c(C)s1)c1ccccc1. The molecule has 1 aliphatic heterocycles. The molecule has 1 atom stereocenters. The number of hydrogen-bond donors (Lipinski definition) is 1. The van der Waals surface area contributed by atoms with Crippen LogP contribution in [0.2, 0.25) is 0 Å². The van der Waals surface area contributed by atoms with Gasteiger partial charge in [0, 0.05) is 29.5 Å². The van der Waals surface area contributed by atoms with Crippen molar-refractivity contribution < 1.29 is 22.7 Å². The molecule has 8 nitrogen and oxygen atoms in total. The van der Waals surface area contributed by atoms with Crippen LogP contribution in [0.5, 0.6) is 0 Å². The molecule has 0 saturated carbocycles. The highest BCUT2D eigenvalue weighted by atomic mass is 32.2. The van der Waals surface area contributed by atoms with Gasteiger partial charge in [-0.25, -0.2) is 13.4 Å². The zero-order chi connectivity index (χ0) is 23.8. The third-order valence-electron chi connectivity index (χ3n) is 5.26. The van der Waals surface area contributed by atoms with Crippen molar-refractivity contribution in [2.75, 3.05) is 22.4 Å². The van der Waals surface area contributed by atoms with E-state index in [1.165, 1.54) is 28.8 Å². The first-order valence-corrected chi connectivity index (χ1v) is 12.9. The number of hydrogen-bond acceptors (Lipinski definition) is 7. The third kappa shape index (κ3) is 4.91. The molecule has 1 aromatic heterocycles. The number of benzene rings is 2. The summed E-state index contributed by atoms with van der Waals surface area (Å²) >= 11 is 1.32. The molecule has 0 saturated heterocycles. The molecule has 0 unspecified atom stereocenters. The Morgan fingerprint density at radius 2 is 1.91 bits per heavy atom. The van der Waals surface area contributed by atoms with Gasteiger partial charge in [0.15, 0.2) is 5.13 Å². The van der Waals surface area contributed by atoms with Gasteiger partial charge in [0.2, 0.25) is 16.1 Å². The first-order chi connectivity index (χ1) is 15.6. The second-order valence-corrected chi connectivity index (χ2v) is 10.9. The summed E-state index contributed by atoms with van der Waals surface area (Å²) in [4.78, 5) is 29.9. The maximum Gasteiger partial charge on any atom is 0.303 e. The summed E-state index contributed by atoms with van der Waals surface area (Å²) in [6.45, 7) is 3.58. The largest absolute Gasteiger partial charge is 0.447 e. The number of fused-ring (bicyclic) bond motifs is 1. The van der Waals surface area contributed by atoms with Crippen LogP contribution in [0.15, 0.2) is 48.5 Å². The normalized spacial score (nSPS) is 14.0. The molecule has 172 valence electrons. The summed E-state index contributed by atoms with van der Waals surface area (Å²) in [5.74, 6) is -1.05. The van der Waals surface area contributed by atoms with Gasteiger partial charge in [0.1, 0.15) is 0 Å². The highest BCUT2D eigenvalue weighted by molar-refractivity contribution is 7.92. The van der Waals surface area contributed by atoms with E-state index < -0.39 is 28.0 Å². The summed E-state index contributed by atoms with van der Waals surface area (Å²) in [6, 6.07) is 14.4. The molecule has 0 bridgehead atoms. The Kier molecular flexibility index (Phi) is 6.22. The van der Waals surface area contributed by atoms with Gasteiger partial charge in [-0.3, -0.25) is 19.2 Å². The van der Waals surface area contributed by atoms with Crippen LogP contribution in [0.1, 0.15) is 29.0 Å². The molecule has 4 rings (SSSR count). The Bertz CT molecular complexity index is 1320. The smallest absolute Gasteiger partial charge is 0.303 e. The Morgan fingerprint density at radius 1 is 1.18 bits per heavy atom. The Morgan fingerprint density at radius 3 is 2.58 bits per heavy atom. The van der Waals surface area contributed by atoms with E-state index in [0.717, 1.165) is 16.0 Å². The first kappa shape index (κ1) is 22.9. The summed E-state index contributed by atoms with van der Waals surface area (Å²) < 4.78 is 30.6. The van der Waals surface area contributed by atoms with Crippen LogP contribution in [-0.4, -0.2) is 38.1 Å². The van der Waals surface area contributed by atoms with Crippen LogP contribution in [0, 0.1) is 6.92 Å². The van der Waals surface area contributed by atoms with E-state index in [-0.39, 0.29) is 0 Å². The van der Waals surface area contributed by atoms with E-state index in [1.54, 1.807) is 30.3 Å². The lowest BCUT2D eigenvalue weighted by atomic mass is 10.1. The van der Waals surface area contributed by atoms with Gasteiger partial charge in [0.05, 0.1) is 17.6 Å². The van der Waals surface area contributed by atoms with Crippen LogP contribution in [0.4, 0.5) is 10.8 Å². The van der Waals surface area contributed by atoms with Gasteiger partial charge in [-0.05, 0) is 31.0 Å². The van der Waals surface area contributed by atoms with Crippen molar-refractivity contribution in [3.05, 3.63) is 64.5 Å². The van der Waals surface area contributed by atoms with Crippen LogP contribution in [-0.2, 0) is 30.8 Å². The molecule has 2 heterocycles. The number of aryl methyl sites for hydroxylation is 1. The number of anilines is 2. The second kappa shape index (κ2) is 8.95. The number of carbonyl (C=O) groups is 2. The number of carbonyl (C=O) groups excluding carboxylic acids is 2. The van der Waals surface area contributed by atoms with E-state index in [4.69, 9.17) is 4.74 Å². The zero-order valence-electron chi connectivity index (χ0n) is 18.4. The summed E-state index contributed by atoms with van der Waals surface area (Å²) in [5, 5.41) is 3.15. The third-order valence-corrected chi connectivity index (χ3v) is 7.32. The van der Waals surface area contributed by atoms with E-state index in [0.29, 0.717) is 35.0 Å². The van der Waals surface area contributed by atoms with E-state index in [9.17, 15) is 18.0 Å². The summed E-state index contributed by atoms with van der Waals surface area (Å²) in [5.41, 5.74) is 3.75. The molecular formula is C23H23N3O5S2. The van der Waals surface area contributed by atoms with Crippen LogP contribution in [0.3, 0.4) is 0 Å². The van der Waals surface area contributed by atoms with E-state index >= 15 is 0 Å². The average molecular weight is 486 g/mol. The molecule has 10 heteroatoms. The number of aromatic nitrogens is 1.